The molecule has 2 heterocycles. The molecule has 1 saturated heterocycles. The highest BCUT2D eigenvalue weighted by molar-refractivity contribution is 7.90. The maximum atomic E-state index is 11.9. The van der Waals surface area contributed by atoms with Gasteiger partial charge in [0.25, 0.3) is 0 Å². The average molecular weight is 439 g/mol. The largest absolute Gasteiger partial charge is 0.341 e. The van der Waals surface area contributed by atoms with Crippen LogP contribution in [0.3, 0.4) is 0 Å². The monoisotopic (exact) mass is 438 g/mol. The van der Waals surface area contributed by atoms with E-state index in [0.29, 0.717) is 22.4 Å². The van der Waals surface area contributed by atoms with Crippen molar-refractivity contribution in [3.8, 4) is 0 Å². The van der Waals surface area contributed by atoms with Crippen LogP contribution in [-0.4, -0.2) is 55.7 Å². The Morgan fingerprint density at radius 1 is 1.03 bits per heavy atom. The van der Waals surface area contributed by atoms with Gasteiger partial charge in [-0.2, -0.15) is 0 Å². The molecule has 3 aromatic rings. The molecule has 1 fully saturated rings. The fourth-order valence-electron chi connectivity index (χ4n) is 4.24. The molecule has 0 radical (unpaired) electrons. The average Bonchev–Trinajstić information content (AvgIpc) is 2.74. The molecule has 31 heavy (non-hydrogen) atoms. The fourth-order valence-corrected chi connectivity index (χ4v) is 4.88. The number of sulfone groups is 1. The molecule has 1 aliphatic rings. The van der Waals surface area contributed by atoms with Gasteiger partial charge in [0.2, 0.25) is 5.95 Å². The number of benzene rings is 2. The molecule has 164 valence electrons. The van der Waals surface area contributed by atoms with Crippen LogP contribution in [0.25, 0.3) is 10.9 Å². The number of rotatable bonds is 5. The fraction of sp³-hybridized carbons (Fsp3) is 0.417. The van der Waals surface area contributed by atoms with Gasteiger partial charge in [-0.1, -0.05) is 29.8 Å². The van der Waals surface area contributed by atoms with Gasteiger partial charge in [-0.15, -0.1) is 0 Å². The minimum Gasteiger partial charge on any atom is -0.341 e. The summed E-state index contributed by atoms with van der Waals surface area (Å²) in [5.74, 6) is 0.690. The highest BCUT2D eigenvalue weighted by atomic mass is 32.2. The van der Waals surface area contributed by atoms with Crippen molar-refractivity contribution in [2.75, 3.05) is 31.3 Å². The van der Waals surface area contributed by atoms with Crippen LogP contribution in [0, 0.1) is 13.8 Å². The van der Waals surface area contributed by atoms with Gasteiger partial charge in [-0.05, 0) is 57.5 Å². The lowest BCUT2D eigenvalue weighted by atomic mass is 10.0. The lowest BCUT2D eigenvalue weighted by molar-refractivity contribution is 0.200. The summed E-state index contributed by atoms with van der Waals surface area (Å²) in [5.41, 5.74) is 4.18. The molecular formula is C24H30N4O2S. The third kappa shape index (κ3) is 4.88. The Morgan fingerprint density at radius 3 is 2.35 bits per heavy atom. The highest BCUT2D eigenvalue weighted by Crippen LogP contribution is 2.25. The Balaban J connectivity index is 1.47. The number of piperidine rings is 1. The van der Waals surface area contributed by atoms with Crippen molar-refractivity contribution in [2.24, 2.45) is 0 Å². The van der Waals surface area contributed by atoms with Gasteiger partial charge in [-0.3, -0.25) is 4.90 Å². The molecule has 0 aliphatic carbocycles. The Morgan fingerprint density at radius 2 is 1.71 bits per heavy atom. The Kier molecular flexibility index (Phi) is 5.99. The minimum atomic E-state index is -3.27. The normalized spacial score (nSPS) is 15.7. The van der Waals surface area contributed by atoms with E-state index in [1.807, 2.05) is 6.92 Å². The Labute approximate surface area is 184 Å². The van der Waals surface area contributed by atoms with E-state index in [-0.39, 0.29) is 0 Å². The first-order valence-electron chi connectivity index (χ1n) is 10.7. The number of nitrogens with zero attached hydrogens (tertiary/aromatic N) is 4. The summed E-state index contributed by atoms with van der Waals surface area (Å²) in [6.45, 7) is 6.79. The van der Waals surface area contributed by atoms with Crippen molar-refractivity contribution in [1.29, 1.82) is 0 Å². The molecule has 0 spiro atoms. The molecule has 0 bridgehead atoms. The number of hydrogen-bond acceptors (Lipinski definition) is 6. The SMILES string of the molecule is Cc1ccc(CN(C)C2CCN(c3nc(C)c4ccc(S(C)(=O)=O)cc4n3)CC2)cc1. The van der Waals surface area contributed by atoms with Gasteiger partial charge < -0.3 is 4.90 Å². The standard InChI is InChI=1S/C24H30N4O2S/c1-17-5-7-19(8-6-17)16-27(3)20-11-13-28(14-12-20)24-25-18(2)22-10-9-21(31(4,29)30)15-23(22)26-24/h5-10,15,20H,11-14,16H2,1-4H3. The zero-order chi connectivity index (χ0) is 22.2. The summed E-state index contributed by atoms with van der Waals surface area (Å²) in [7, 11) is -1.07. The maximum Gasteiger partial charge on any atom is 0.226 e. The van der Waals surface area contributed by atoms with Crippen LogP contribution in [0.5, 0.6) is 0 Å². The van der Waals surface area contributed by atoms with Crippen molar-refractivity contribution >= 4 is 26.7 Å². The third-order valence-electron chi connectivity index (χ3n) is 6.20. The van der Waals surface area contributed by atoms with E-state index in [4.69, 9.17) is 9.97 Å². The molecule has 0 unspecified atom stereocenters. The van der Waals surface area contributed by atoms with Gasteiger partial charge in [0.05, 0.1) is 16.1 Å². The molecule has 0 N–H and O–H groups in total. The highest BCUT2D eigenvalue weighted by Gasteiger charge is 2.24. The summed E-state index contributed by atoms with van der Waals surface area (Å²) in [5, 5.41) is 0.892. The van der Waals surface area contributed by atoms with E-state index in [0.717, 1.165) is 43.6 Å². The van der Waals surface area contributed by atoms with Crippen molar-refractivity contribution in [3.63, 3.8) is 0 Å². The second-order valence-electron chi connectivity index (χ2n) is 8.68. The van der Waals surface area contributed by atoms with Gasteiger partial charge in [-0.25, -0.2) is 18.4 Å². The molecule has 0 amide bonds. The van der Waals surface area contributed by atoms with Crippen molar-refractivity contribution in [1.82, 2.24) is 14.9 Å². The summed E-state index contributed by atoms with van der Waals surface area (Å²) in [6.07, 6.45) is 3.32. The van der Waals surface area contributed by atoms with E-state index in [9.17, 15) is 8.42 Å². The second-order valence-corrected chi connectivity index (χ2v) is 10.7. The first-order valence-corrected chi connectivity index (χ1v) is 12.6. The lowest BCUT2D eigenvalue weighted by Gasteiger charge is -2.37. The molecule has 1 aliphatic heterocycles. The van der Waals surface area contributed by atoms with E-state index in [1.165, 1.54) is 17.4 Å². The molecule has 0 saturated carbocycles. The van der Waals surface area contributed by atoms with Crippen LogP contribution in [-0.2, 0) is 16.4 Å². The predicted octanol–water partition coefficient (Wildman–Crippen LogP) is 3.75. The summed E-state index contributed by atoms with van der Waals surface area (Å²) in [4.78, 5) is 14.4. The molecule has 4 rings (SSSR count). The van der Waals surface area contributed by atoms with Gasteiger partial charge in [0, 0.05) is 37.3 Å². The van der Waals surface area contributed by atoms with Gasteiger partial charge in [0.15, 0.2) is 9.84 Å². The number of fused-ring (bicyclic) bond motifs is 1. The molecule has 7 heteroatoms. The lowest BCUT2D eigenvalue weighted by Crippen LogP contribution is -2.43. The van der Waals surface area contributed by atoms with Crippen LogP contribution in [0.15, 0.2) is 47.4 Å². The topological polar surface area (TPSA) is 66.4 Å². The molecule has 2 aromatic carbocycles. The molecule has 1 aromatic heterocycles. The van der Waals surface area contributed by atoms with Crippen LogP contribution < -0.4 is 4.90 Å². The molecule has 0 atom stereocenters. The third-order valence-corrected chi connectivity index (χ3v) is 7.31. The Hall–Kier alpha value is -2.51. The summed E-state index contributed by atoms with van der Waals surface area (Å²) in [6, 6.07) is 14.4. The number of anilines is 1. The number of hydrogen-bond donors (Lipinski definition) is 0. The van der Waals surface area contributed by atoms with E-state index >= 15 is 0 Å². The quantitative estimate of drug-likeness (QED) is 0.604. The smallest absolute Gasteiger partial charge is 0.226 e. The van der Waals surface area contributed by atoms with E-state index in [2.05, 4.69) is 48.0 Å². The van der Waals surface area contributed by atoms with Crippen molar-refractivity contribution in [2.45, 2.75) is 44.2 Å². The van der Waals surface area contributed by atoms with E-state index in [1.54, 1.807) is 18.2 Å². The first kappa shape index (κ1) is 21.7. The van der Waals surface area contributed by atoms with Crippen LogP contribution in [0.1, 0.15) is 29.7 Å². The summed E-state index contributed by atoms with van der Waals surface area (Å²) >= 11 is 0. The van der Waals surface area contributed by atoms with Gasteiger partial charge in [0.1, 0.15) is 0 Å². The maximum absolute atomic E-state index is 11.9. The molecular weight excluding hydrogens is 408 g/mol. The predicted molar refractivity (Wildman–Crippen MR) is 125 cm³/mol. The number of aryl methyl sites for hydroxylation is 2. The molecule has 6 nitrogen and oxygen atoms in total. The zero-order valence-corrected chi connectivity index (χ0v) is 19.5. The van der Waals surface area contributed by atoms with E-state index < -0.39 is 9.84 Å². The second kappa shape index (κ2) is 8.55. The van der Waals surface area contributed by atoms with Crippen LogP contribution >= 0.6 is 0 Å². The zero-order valence-electron chi connectivity index (χ0n) is 18.7. The van der Waals surface area contributed by atoms with Gasteiger partial charge >= 0.3 is 0 Å². The minimum absolute atomic E-state index is 0.292. The van der Waals surface area contributed by atoms with Crippen molar-refractivity contribution < 1.29 is 8.42 Å². The number of aromatic nitrogens is 2. The summed E-state index contributed by atoms with van der Waals surface area (Å²) < 4.78 is 23.9. The van der Waals surface area contributed by atoms with Crippen LogP contribution in [0.4, 0.5) is 5.95 Å². The Bertz CT molecular complexity index is 1180. The van der Waals surface area contributed by atoms with Crippen LogP contribution in [0.2, 0.25) is 0 Å². The first-order chi connectivity index (χ1) is 14.7. The van der Waals surface area contributed by atoms with Crippen molar-refractivity contribution in [3.05, 3.63) is 59.3 Å².